The molecule has 0 aliphatic rings. The van der Waals surface area contributed by atoms with Crippen LogP contribution in [-0.4, -0.2) is 0 Å². The lowest BCUT2D eigenvalue weighted by molar-refractivity contribution is 0.622. The minimum Gasteiger partial charge on any atom is -0.207 e. The average Bonchev–Trinajstić information content (AvgIpc) is 2.73. The van der Waals surface area contributed by atoms with Gasteiger partial charge in [-0.1, -0.05) is 84.9 Å². The molecule has 2 heteroatoms. The van der Waals surface area contributed by atoms with Crippen LogP contribution in [0.15, 0.2) is 109 Å². The van der Waals surface area contributed by atoms with Gasteiger partial charge in [0.05, 0.1) is 5.41 Å². The second-order valence-corrected chi connectivity index (χ2v) is 6.50. The minimum atomic E-state index is -0.677. The summed E-state index contributed by atoms with van der Waals surface area (Å²) in [5, 5.41) is 0. The molecule has 0 unspecified atom stereocenters. The van der Waals surface area contributed by atoms with Crippen LogP contribution >= 0.6 is 0 Å². The van der Waals surface area contributed by atoms with Crippen LogP contribution in [0.4, 0.5) is 8.78 Å². The fourth-order valence-corrected chi connectivity index (χ4v) is 3.78. The Morgan fingerprint density at radius 2 is 0.667 bits per heavy atom. The molecule has 0 saturated carbocycles. The van der Waals surface area contributed by atoms with Gasteiger partial charge in [-0.3, -0.25) is 0 Å². The summed E-state index contributed by atoms with van der Waals surface area (Å²) >= 11 is 0. The van der Waals surface area contributed by atoms with Crippen LogP contribution in [-0.2, 0) is 5.41 Å². The number of hydrogen-bond acceptors (Lipinski definition) is 0. The van der Waals surface area contributed by atoms with E-state index in [-0.39, 0.29) is 11.6 Å². The van der Waals surface area contributed by atoms with Gasteiger partial charge in [0.15, 0.2) is 0 Å². The zero-order chi connectivity index (χ0) is 18.7. The maximum Gasteiger partial charge on any atom is 0.123 e. The lowest BCUT2D eigenvalue weighted by Gasteiger charge is -2.36. The van der Waals surface area contributed by atoms with Crippen LogP contribution in [0, 0.1) is 11.6 Å². The van der Waals surface area contributed by atoms with Crippen LogP contribution in [0.2, 0.25) is 0 Å². The van der Waals surface area contributed by atoms with E-state index in [0.717, 1.165) is 22.3 Å². The van der Waals surface area contributed by atoms with E-state index in [4.69, 9.17) is 0 Å². The van der Waals surface area contributed by atoms with Gasteiger partial charge in [0.25, 0.3) is 0 Å². The van der Waals surface area contributed by atoms with Crippen molar-refractivity contribution in [3.8, 4) is 0 Å². The summed E-state index contributed by atoms with van der Waals surface area (Å²) in [7, 11) is 0. The summed E-state index contributed by atoms with van der Waals surface area (Å²) in [6.07, 6.45) is 0. The van der Waals surface area contributed by atoms with Crippen LogP contribution in [0.5, 0.6) is 0 Å². The highest BCUT2D eigenvalue weighted by atomic mass is 19.1. The largest absolute Gasteiger partial charge is 0.207 e. The van der Waals surface area contributed by atoms with E-state index in [1.165, 1.54) is 24.3 Å². The molecule has 0 spiro atoms. The fourth-order valence-electron chi connectivity index (χ4n) is 3.78. The van der Waals surface area contributed by atoms with E-state index in [2.05, 4.69) is 24.3 Å². The Balaban J connectivity index is 2.11. The molecule has 27 heavy (non-hydrogen) atoms. The molecular formula is C25H18F2. The van der Waals surface area contributed by atoms with Crippen LogP contribution in [0.25, 0.3) is 0 Å². The molecular weight excluding hydrogens is 338 g/mol. The van der Waals surface area contributed by atoms with E-state index < -0.39 is 5.41 Å². The molecule has 0 heterocycles. The minimum absolute atomic E-state index is 0.284. The lowest BCUT2D eigenvalue weighted by Crippen LogP contribution is -2.31. The molecule has 0 atom stereocenters. The maximum atomic E-state index is 13.7. The van der Waals surface area contributed by atoms with Crippen LogP contribution in [0.3, 0.4) is 0 Å². The second-order valence-electron chi connectivity index (χ2n) is 6.50. The second kappa shape index (κ2) is 7.16. The molecule has 0 nitrogen and oxygen atoms in total. The Labute approximate surface area is 157 Å². The summed E-state index contributed by atoms with van der Waals surface area (Å²) in [6, 6.07) is 33.2. The number of hydrogen-bond donors (Lipinski definition) is 0. The van der Waals surface area contributed by atoms with E-state index in [0.29, 0.717) is 0 Å². The van der Waals surface area contributed by atoms with Gasteiger partial charge in [-0.2, -0.15) is 0 Å². The summed E-state index contributed by atoms with van der Waals surface area (Å²) in [5.74, 6) is -0.569. The number of benzene rings is 4. The zero-order valence-electron chi connectivity index (χ0n) is 14.6. The van der Waals surface area contributed by atoms with Gasteiger partial charge < -0.3 is 0 Å². The molecule has 0 radical (unpaired) electrons. The molecule has 4 rings (SSSR count). The molecule has 0 N–H and O–H groups in total. The van der Waals surface area contributed by atoms with Gasteiger partial charge in [-0.15, -0.1) is 0 Å². The summed E-state index contributed by atoms with van der Waals surface area (Å²) < 4.78 is 27.4. The van der Waals surface area contributed by atoms with Crippen molar-refractivity contribution in [2.24, 2.45) is 0 Å². The summed E-state index contributed by atoms with van der Waals surface area (Å²) in [4.78, 5) is 0. The van der Waals surface area contributed by atoms with E-state index in [1.54, 1.807) is 24.3 Å². The van der Waals surface area contributed by atoms with Crippen molar-refractivity contribution in [3.63, 3.8) is 0 Å². The van der Waals surface area contributed by atoms with E-state index in [1.807, 2.05) is 36.4 Å². The first kappa shape index (κ1) is 17.2. The number of rotatable bonds is 4. The predicted octanol–water partition coefficient (Wildman–Crippen LogP) is 6.35. The highest BCUT2D eigenvalue weighted by molar-refractivity contribution is 5.59. The lowest BCUT2D eigenvalue weighted by atomic mass is 9.65. The first-order valence-electron chi connectivity index (χ1n) is 8.84. The molecule has 0 aliphatic carbocycles. The Kier molecular flexibility index (Phi) is 4.55. The predicted molar refractivity (Wildman–Crippen MR) is 105 cm³/mol. The smallest absolute Gasteiger partial charge is 0.123 e. The van der Waals surface area contributed by atoms with Crippen molar-refractivity contribution in [3.05, 3.63) is 143 Å². The molecule has 0 saturated heterocycles. The third kappa shape index (κ3) is 3.04. The number of halogens is 2. The van der Waals surface area contributed by atoms with Crippen LogP contribution in [0.1, 0.15) is 22.3 Å². The molecule has 0 amide bonds. The highest BCUT2D eigenvalue weighted by Gasteiger charge is 2.38. The average molecular weight is 356 g/mol. The fraction of sp³-hybridized carbons (Fsp3) is 0.0400. The normalized spacial score (nSPS) is 11.3. The van der Waals surface area contributed by atoms with Gasteiger partial charge in [0.1, 0.15) is 11.6 Å². The molecule has 0 fully saturated rings. The van der Waals surface area contributed by atoms with Crippen molar-refractivity contribution in [1.29, 1.82) is 0 Å². The SMILES string of the molecule is Fc1ccc(C(c2ccccc2)(c2ccccc2)c2ccc(F)cc2)cc1. The first-order valence-corrected chi connectivity index (χ1v) is 8.84. The van der Waals surface area contributed by atoms with Gasteiger partial charge in [0.2, 0.25) is 0 Å². The maximum absolute atomic E-state index is 13.7. The quantitative estimate of drug-likeness (QED) is 0.374. The highest BCUT2D eigenvalue weighted by Crippen LogP contribution is 2.44. The summed E-state index contributed by atoms with van der Waals surface area (Å²) in [6.45, 7) is 0. The van der Waals surface area contributed by atoms with E-state index in [9.17, 15) is 8.78 Å². The first-order chi connectivity index (χ1) is 13.2. The Hall–Kier alpha value is -3.26. The topological polar surface area (TPSA) is 0 Å². The third-order valence-corrected chi connectivity index (χ3v) is 4.97. The van der Waals surface area contributed by atoms with Gasteiger partial charge in [-0.05, 0) is 46.5 Å². The van der Waals surface area contributed by atoms with Gasteiger partial charge in [0, 0.05) is 0 Å². The van der Waals surface area contributed by atoms with Crippen LogP contribution < -0.4 is 0 Å². The van der Waals surface area contributed by atoms with E-state index >= 15 is 0 Å². The Morgan fingerprint density at radius 1 is 0.370 bits per heavy atom. The summed E-state index contributed by atoms with van der Waals surface area (Å²) in [5.41, 5.74) is 3.24. The Bertz CT molecular complexity index is 918. The molecule has 0 aromatic heterocycles. The Morgan fingerprint density at radius 3 is 1.00 bits per heavy atom. The van der Waals surface area contributed by atoms with Crippen molar-refractivity contribution >= 4 is 0 Å². The molecule has 132 valence electrons. The van der Waals surface area contributed by atoms with Gasteiger partial charge in [-0.25, -0.2) is 8.78 Å². The standard InChI is InChI=1S/C25H18F2/c26-23-15-11-21(12-16-23)25(19-7-3-1-4-8-19,20-9-5-2-6-10-20)22-13-17-24(27)18-14-22/h1-18H. The molecule has 4 aromatic carbocycles. The van der Waals surface area contributed by atoms with Crippen molar-refractivity contribution in [1.82, 2.24) is 0 Å². The monoisotopic (exact) mass is 356 g/mol. The van der Waals surface area contributed by atoms with Crippen molar-refractivity contribution in [2.45, 2.75) is 5.41 Å². The third-order valence-electron chi connectivity index (χ3n) is 4.97. The zero-order valence-corrected chi connectivity index (χ0v) is 14.6. The molecule has 0 bridgehead atoms. The molecule has 4 aromatic rings. The van der Waals surface area contributed by atoms with Crippen molar-refractivity contribution in [2.75, 3.05) is 0 Å². The molecule has 0 aliphatic heterocycles. The van der Waals surface area contributed by atoms with Gasteiger partial charge >= 0.3 is 0 Å². The van der Waals surface area contributed by atoms with Crippen molar-refractivity contribution < 1.29 is 8.78 Å².